The van der Waals surface area contributed by atoms with E-state index in [0.717, 1.165) is 35.7 Å². The van der Waals surface area contributed by atoms with E-state index in [1.54, 1.807) is 18.2 Å². The van der Waals surface area contributed by atoms with E-state index in [9.17, 15) is 13.5 Å². The van der Waals surface area contributed by atoms with Crippen molar-refractivity contribution in [3.63, 3.8) is 0 Å². The summed E-state index contributed by atoms with van der Waals surface area (Å²) in [6.07, 6.45) is 3.72. The van der Waals surface area contributed by atoms with Crippen LogP contribution in [0.15, 0.2) is 58.0 Å². The van der Waals surface area contributed by atoms with Gasteiger partial charge in [0.15, 0.2) is 0 Å². The van der Waals surface area contributed by atoms with E-state index in [1.165, 1.54) is 16.9 Å². The highest BCUT2D eigenvalue weighted by molar-refractivity contribution is 7.89. The Morgan fingerprint density at radius 2 is 1.94 bits per heavy atom. The maximum Gasteiger partial charge on any atom is 0.245 e. The first-order chi connectivity index (χ1) is 15.9. The lowest BCUT2D eigenvalue weighted by Crippen LogP contribution is -2.51. The molecule has 174 valence electrons. The van der Waals surface area contributed by atoms with Gasteiger partial charge in [0, 0.05) is 38.6 Å². The second kappa shape index (κ2) is 8.77. The standard InChI is InChI=1S/C23H26N4O4S2/c1-26(33(29,30)21-8-4-6-19-22(21)25-32-24-19)16-23(28)10-13-27(14-11-23)12-9-17-15-31-20-7-3-2-5-18(17)20/h2-8,15,28H,9-14,16H2,1H3. The third-order valence-corrected chi connectivity index (χ3v) is 8.88. The van der Waals surface area contributed by atoms with Crippen molar-refractivity contribution in [2.45, 2.75) is 29.8 Å². The molecule has 33 heavy (non-hydrogen) atoms. The molecule has 1 saturated heterocycles. The number of para-hydroxylation sites is 1. The summed E-state index contributed by atoms with van der Waals surface area (Å²) in [6, 6.07) is 13.0. The third kappa shape index (κ3) is 4.41. The van der Waals surface area contributed by atoms with Crippen LogP contribution in [0.3, 0.4) is 0 Å². The minimum Gasteiger partial charge on any atom is -0.464 e. The van der Waals surface area contributed by atoms with Crippen molar-refractivity contribution in [3.05, 3.63) is 54.3 Å². The number of likely N-dealkylation sites (N-methyl/N-ethyl adjacent to an activating group) is 1. The summed E-state index contributed by atoms with van der Waals surface area (Å²) in [4.78, 5) is 2.44. The number of furan rings is 1. The number of aromatic nitrogens is 2. The van der Waals surface area contributed by atoms with Gasteiger partial charge in [0.2, 0.25) is 10.0 Å². The first-order valence-electron chi connectivity index (χ1n) is 10.9. The van der Waals surface area contributed by atoms with Gasteiger partial charge in [-0.1, -0.05) is 24.3 Å². The van der Waals surface area contributed by atoms with Gasteiger partial charge in [0.25, 0.3) is 0 Å². The molecule has 5 rings (SSSR count). The molecule has 0 amide bonds. The molecule has 10 heteroatoms. The zero-order valence-electron chi connectivity index (χ0n) is 18.3. The molecule has 0 atom stereocenters. The number of likely N-dealkylation sites (tertiary alicyclic amines) is 1. The van der Waals surface area contributed by atoms with Gasteiger partial charge in [0.1, 0.15) is 21.5 Å². The zero-order valence-corrected chi connectivity index (χ0v) is 20.0. The van der Waals surface area contributed by atoms with Crippen molar-refractivity contribution in [2.75, 3.05) is 33.2 Å². The van der Waals surface area contributed by atoms with Gasteiger partial charge in [0.05, 0.1) is 23.6 Å². The van der Waals surface area contributed by atoms with E-state index in [-0.39, 0.29) is 11.4 Å². The predicted molar refractivity (Wildman–Crippen MR) is 128 cm³/mol. The van der Waals surface area contributed by atoms with Gasteiger partial charge in [-0.05, 0) is 43.0 Å². The number of benzene rings is 2. The summed E-state index contributed by atoms with van der Waals surface area (Å²) in [5.74, 6) is 0. The number of rotatable bonds is 7. The van der Waals surface area contributed by atoms with Crippen LogP contribution in [-0.2, 0) is 16.4 Å². The number of sulfonamides is 1. The lowest BCUT2D eigenvalue weighted by atomic mass is 9.91. The molecule has 0 unspecified atom stereocenters. The van der Waals surface area contributed by atoms with Gasteiger partial charge in [-0.2, -0.15) is 13.1 Å². The van der Waals surface area contributed by atoms with Gasteiger partial charge in [-0.15, -0.1) is 0 Å². The molecule has 0 spiro atoms. The number of piperidine rings is 1. The molecular weight excluding hydrogens is 460 g/mol. The van der Waals surface area contributed by atoms with Crippen molar-refractivity contribution in [2.24, 2.45) is 0 Å². The average Bonchev–Trinajstić information content (AvgIpc) is 3.45. The molecule has 4 aromatic rings. The molecule has 2 aromatic heterocycles. The highest BCUT2D eigenvalue weighted by Crippen LogP contribution is 2.29. The Balaban J connectivity index is 1.20. The van der Waals surface area contributed by atoms with Crippen LogP contribution in [0.4, 0.5) is 0 Å². The third-order valence-electron chi connectivity index (χ3n) is 6.50. The van der Waals surface area contributed by atoms with Crippen molar-refractivity contribution >= 4 is 43.8 Å². The summed E-state index contributed by atoms with van der Waals surface area (Å²) in [7, 11) is -2.28. The molecular formula is C23H26N4O4S2. The minimum absolute atomic E-state index is 0.0451. The number of nitrogens with zero attached hydrogens (tertiary/aromatic N) is 4. The van der Waals surface area contributed by atoms with Crippen molar-refractivity contribution in [3.8, 4) is 0 Å². The molecule has 3 heterocycles. The Kier molecular flexibility index (Phi) is 5.96. The molecule has 0 bridgehead atoms. The largest absolute Gasteiger partial charge is 0.464 e. The minimum atomic E-state index is -3.79. The summed E-state index contributed by atoms with van der Waals surface area (Å²) in [5.41, 5.74) is 1.96. The predicted octanol–water partition coefficient (Wildman–Crippen LogP) is 3.13. The highest BCUT2D eigenvalue weighted by atomic mass is 32.2. The Bertz CT molecular complexity index is 1370. The maximum atomic E-state index is 13.2. The molecule has 0 radical (unpaired) electrons. The summed E-state index contributed by atoms with van der Waals surface area (Å²) in [5, 5.41) is 12.3. The molecule has 2 aromatic carbocycles. The Hall–Kier alpha value is -2.37. The quantitative estimate of drug-likeness (QED) is 0.428. The molecule has 8 nitrogen and oxygen atoms in total. The second-order valence-corrected chi connectivity index (χ2v) is 11.3. The summed E-state index contributed by atoms with van der Waals surface area (Å²) in [6.45, 7) is 2.34. The SMILES string of the molecule is CN(CC1(O)CCN(CCc2coc3ccccc23)CC1)S(=O)(=O)c1cccc2nsnc12. The summed E-state index contributed by atoms with van der Waals surface area (Å²) >= 11 is 0.990. The van der Waals surface area contributed by atoms with Gasteiger partial charge in [-0.25, -0.2) is 8.42 Å². The smallest absolute Gasteiger partial charge is 0.245 e. The molecule has 1 fully saturated rings. The van der Waals surface area contributed by atoms with Crippen LogP contribution < -0.4 is 0 Å². The van der Waals surface area contributed by atoms with Crippen LogP contribution in [0.25, 0.3) is 22.0 Å². The van der Waals surface area contributed by atoms with E-state index in [1.807, 2.05) is 24.5 Å². The first-order valence-corrected chi connectivity index (χ1v) is 13.1. The lowest BCUT2D eigenvalue weighted by molar-refractivity contribution is -0.0296. The van der Waals surface area contributed by atoms with Crippen LogP contribution in [-0.4, -0.2) is 70.3 Å². The monoisotopic (exact) mass is 486 g/mol. The normalized spacial score (nSPS) is 17.3. The topological polar surface area (TPSA) is 99.8 Å². The van der Waals surface area contributed by atoms with Crippen LogP contribution >= 0.6 is 11.7 Å². The van der Waals surface area contributed by atoms with Crippen molar-refractivity contribution < 1.29 is 17.9 Å². The molecule has 0 aliphatic carbocycles. The zero-order chi connectivity index (χ0) is 23.1. The van der Waals surface area contributed by atoms with Gasteiger partial charge >= 0.3 is 0 Å². The van der Waals surface area contributed by atoms with Crippen LogP contribution in [0.5, 0.6) is 0 Å². The van der Waals surface area contributed by atoms with Gasteiger partial charge < -0.3 is 14.4 Å². The number of hydrogen-bond donors (Lipinski definition) is 1. The average molecular weight is 487 g/mol. The Labute approximate surface area is 196 Å². The maximum absolute atomic E-state index is 13.2. The lowest BCUT2D eigenvalue weighted by Gasteiger charge is -2.39. The highest BCUT2D eigenvalue weighted by Gasteiger charge is 2.37. The van der Waals surface area contributed by atoms with Crippen LogP contribution in [0, 0.1) is 0 Å². The fourth-order valence-corrected chi connectivity index (χ4v) is 6.51. The molecule has 1 aliphatic rings. The van der Waals surface area contributed by atoms with E-state index in [0.29, 0.717) is 37.0 Å². The Morgan fingerprint density at radius 3 is 2.76 bits per heavy atom. The molecule has 1 aliphatic heterocycles. The van der Waals surface area contributed by atoms with Crippen molar-refractivity contribution in [1.82, 2.24) is 18.0 Å². The number of hydrogen-bond acceptors (Lipinski definition) is 8. The van der Waals surface area contributed by atoms with Crippen LogP contribution in [0.2, 0.25) is 0 Å². The Morgan fingerprint density at radius 1 is 1.15 bits per heavy atom. The van der Waals surface area contributed by atoms with E-state index >= 15 is 0 Å². The molecule has 1 N–H and O–H groups in total. The summed E-state index contributed by atoms with van der Waals surface area (Å²) < 4.78 is 41.5. The van der Waals surface area contributed by atoms with Crippen molar-refractivity contribution in [1.29, 1.82) is 0 Å². The van der Waals surface area contributed by atoms with E-state index < -0.39 is 15.6 Å². The van der Waals surface area contributed by atoms with E-state index in [2.05, 4.69) is 19.7 Å². The number of fused-ring (bicyclic) bond motifs is 2. The second-order valence-electron chi connectivity index (χ2n) is 8.72. The molecule has 0 saturated carbocycles. The fourth-order valence-electron chi connectivity index (χ4n) is 4.51. The van der Waals surface area contributed by atoms with Crippen LogP contribution in [0.1, 0.15) is 18.4 Å². The van der Waals surface area contributed by atoms with E-state index in [4.69, 9.17) is 4.42 Å². The number of aliphatic hydroxyl groups is 1. The first kappa shape index (κ1) is 22.4. The van der Waals surface area contributed by atoms with Gasteiger partial charge in [-0.3, -0.25) is 0 Å². The fraction of sp³-hybridized carbons (Fsp3) is 0.391.